The van der Waals surface area contributed by atoms with Crippen molar-refractivity contribution in [2.45, 2.75) is 18.5 Å². The van der Waals surface area contributed by atoms with Crippen molar-refractivity contribution in [1.29, 1.82) is 0 Å². The van der Waals surface area contributed by atoms with Crippen molar-refractivity contribution >= 4 is 41.0 Å². The lowest BCUT2D eigenvalue weighted by molar-refractivity contribution is -0.140. The monoisotopic (exact) mass is 450 g/mol. The maximum Gasteiger partial charge on any atom is 0.235 e. The molecule has 2 saturated heterocycles. The molecule has 3 aliphatic rings. The van der Waals surface area contributed by atoms with Crippen LogP contribution in [0.25, 0.3) is 6.08 Å². The van der Waals surface area contributed by atoms with Crippen molar-refractivity contribution in [2.24, 2.45) is 11.8 Å². The fraction of sp³-hybridized carbons (Fsp3) is 0.320. The van der Waals surface area contributed by atoms with Crippen LogP contribution >= 0.6 is 11.6 Å². The molecule has 7 heteroatoms. The second-order valence-electron chi connectivity index (χ2n) is 8.36. The molecule has 2 amide bonds. The number of nitrogens with zero attached hydrogens (tertiary/aromatic N) is 2. The molecule has 0 N–H and O–H groups in total. The van der Waals surface area contributed by atoms with E-state index in [9.17, 15) is 14.4 Å². The van der Waals surface area contributed by atoms with Crippen molar-refractivity contribution < 1.29 is 19.1 Å². The zero-order chi connectivity index (χ0) is 22.4. The first-order valence-electron chi connectivity index (χ1n) is 10.7. The van der Waals surface area contributed by atoms with E-state index in [0.717, 1.165) is 11.3 Å². The van der Waals surface area contributed by atoms with E-state index in [-0.39, 0.29) is 23.6 Å². The Morgan fingerprint density at radius 1 is 1.06 bits per heavy atom. The predicted octanol–water partition coefficient (Wildman–Crippen LogP) is 3.44. The molecule has 2 aromatic carbocycles. The lowest BCUT2D eigenvalue weighted by Gasteiger charge is -2.36. The average molecular weight is 451 g/mol. The van der Waals surface area contributed by atoms with Gasteiger partial charge in [-0.1, -0.05) is 54.1 Å². The summed E-state index contributed by atoms with van der Waals surface area (Å²) >= 11 is 6.19. The quantitative estimate of drug-likeness (QED) is 0.383. The molecular weight excluding hydrogens is 428 g/mol. The lowest BCUT2D eigenvalue weighted by atomic mass is 9.86. The number of fused-ring (bicyclic) bond motifs is 5. The van der Waals surface area contributed by atoms with Gasteiger partial charge >= 0.3 is 0 Å². The third-order valence-electron chi connectivity index (χ3n) is 6.62. The number of hydrogen-bond donors (Lipinski definition) is 0. The Hall–Kier alpha value is -2.96. The van der Waals surface area contributed by atoms with Crippen LogP contribution in [0.3, 0.4) is 0 Å². The standard InChI is InChI=1S/C25H23ClN2O4/c1-32-13-5-12-27-24(30)20-19-10-8-16-14-17(26)9-11-18(16)28(19)22(21(20)25(27)31)23(29)15-6-3-2-4-7-15/h2-4,6-11,14,19-22H,5,12-13H2,1H3/t19-,20-,21-,22-/m0/s1. The molecule has 0 unspecified atom stereocenters. The van der Waals surface area contributed by atoms with E-state index >= 15 is 0 Å². The van der Waals surface area contributed by atoms with Crippen LogP contribution < -0.4 is 4.90 Å². The zero-order valence-corrected chi connectivity index (χ0v) is 18.4. The van der Waals surface area contributed by atoms with Crippen LogP contribution in [0.2, 0.25) is 5.02 Å². The van der Waals surface area contributed by atoms with Gasteiger partial charge in [-0.2, -0.15) is 0 Å². The number of methoxy groups -OCH3 is 1. The van der Waals surface area contributed by atoms with Crippen LogP contribution in [-0.4, -0.2) is 54.8 Å². The number of Topliss-reactive ketones (excluding diaryl/α,β-unsaturated/α-hetero) is 1. The fourth-order valence-electron chi connectivity index (χ4n) is 5.27. The zero-order valence-electron chi connectivity index (χ0n) is 17.6. The summed E-state index contributed by atoms with van der Waals surface area (Å²) in [4.78, 5) is 43.9. The van der Waals surface area contributed by atoms with E-state index < -0.39 is 17.9 Å². The highest BCUT2D eigenvalue weighted by atomic mass is 35.5. The summed E-state index contributed by atoms with van der Waals surface area (Å²) < 4.78 is 5.08. The Labute approximate surface area is 191 Å². The van der Waals surface area contributed by atoms with Crippen molar-refractivity contribution in [1.82, 2.24) is 4.90 Å². The summed E-state index contributed by atoms with van der Waals surface area (Å²) in [7, 11) is 1.59. The van der Waals surface area contributed by atoms with Gasteiger partial charge in [0.05, 0.1) is 17.9 Å². The molecule has 164 valence electrons. The summed E-state index contributed by atoms with van der Waals surface area (Å²) in [6.45, 7) is 0.760. The maximum atomic E-state index is 13.7. The second-order valence-corrected chi connectivity index (χ2v) is 8.80. The third kappa shape index (κ3) is 3.17. The molecule has 0 saturated carbocycles. The highest BCUT2D eigenvalue weighted by molar-refractivity contribution is 6.30. The van der Waals surface area contributed by atoms with Gasteiger partial charge < -0.3 is 9.64 Å². The average Bonchev–Trinajstić information content (AvgIpc) is 3.27. The number of hydrogen-bond acceptors (Lipinski definition) is 5. The Kier molecular flexibility index (Phi) is 5.35. The highest BCUT2D eigenvalue weighted by Gasteiger charge is 2.63. The molecule has 2 fully saturated rings. The SMILES string of the molecule is COCCCN1C(=O)[C@@H]2[C@H](C1=O)[C@@H](C(=O)c1ccccc1)N1c3ccc(Cl)cc3C=C[C@@H]21. The molecule has 0 bridgehead atoms. The fourth-order valence-corrected chi connectivity index (χ4v) is 5.45. The number of carbonyl (C=O) groups is 3. The van der Waals surface area contributed by atoms with Gasteiger partial charge in [0.1, 0.15) is 6.04 Å². The minimum atomic E-state index is -0.763. The number of ether oxygens (including phenoxy) is 1. The first-order valence-corrected chi connectivity index (χ1v) is 11.1. The normalized spacial score (nSPS) is 25.7. The summed E-state index contributed by atoms with van der Waals surface area (Å²) in [6.07, 6.45) is 4.43. The molecule has 0 radical (unpaired) electrons. The lowest BCUT2D eigenvalue weighted by Crippen LogP contribution is -2.48. The van der Waals surface area contributed by atoms with Gasteiger partial charge in [-0.3, -0.25) is 19.3 Å². The summed E-state index contributed by atoms with van der Waals surface area (Å²) in [6, 6.07) is 13.3. The Bertz CT molecular complexity index is 1120. The minimum Gasteiger partial charge on any atom is -0.385 e. The van der Waals surface area contributed by atoms with E-state index in [1.165, 1.54) is 4.90 Å². The first-order chi connectivity index (χ1) is 15.5. The summed E-state index contributed by atoms with van der Waals surface area (Å²) in [5, 5.41) is 0.591. The van der Waals surface area contributed by atoms with E-state index in [4.69, 9.17) is 16.3 Å². The van der Waals surface area contributed by atoms with Gasteiger partial charge in [-0.05, 0) is 30.2 Å². The predicted molar refractivity (Wildman–Crippen MR) is 122 cm³/mol. The number of amides is 2. The Balaban J connectivity index is 1.59. The van der Waals surface area contributed by atoms with Gasteiger partial charge in [0, 0.05) is 36.5 Å². The van der Waals surface area contributed by atoms with Crippen LogP contribution in [-0.2, 0) is 14.3 Å². The molecule has 2 aromatic rings. The van der Waals surface area contributed by atoms with Gasteiger partial charge in [-0.25, -0.2) is 0 Å². The molecule has 0 spiro atoms. The molecule has 4 atom stereocenters. The van der Waals surface area contributed by atoms with E-state index in [1.807, 2.05) is 35.3 Å². The van der Waals surface area contributed by atoms with Gasteiger partial charge in [-0.15, -0.1) is 0 Å². The number of imide groups is 1. The maximum absolute atomic E-state index is 13.7. The van der Waals surface area contributed by atoms with Crippen LogP contribution in [0.4, 0.5) is 5.69 Å². The molecule has 5 rings (SSSR count). The topological polar surface area (TPSA) is 66.9 Å². The van der Waals surface area contributed by atoms with Crippen LogP contribution in [0.15, 0.2) is 54.6 Å². The smallest absolute Gasteiger partial charge is 0.235 e. The van der Waals surface area contributed by atoms with Gasteiger partial charge in [0.15, 0.2) is 5.78 Å². The number of likely N-dealkylation sites (tertiary alicyclic amines) is 1. The molecule has 6 nitrogen and oxygen atoms in total. The largest absolute Gasteiger partial charge is 0.385 e. The number of anilines is 1. The molecule has 0 aliphatic carbocycles. The molecule has 3 heterocycles. The van der Waals surface area contributed by atoms with Crippen molar-refractivity contribution in [3.05, 3.63) is 70.8 Å². The Morgan fingerprint density at radius 2 is 1.81 bits per heavy atom. The van der Waals surface area contributed by atoms with E-state index in [2.05, 4.69) is 0 Å². The third-order valence-corrected chi connectivity index (χ3v) is 6.85. The molecule has 3 aliphatic heterocycles. The summed E-state index contributed by atoms with van der Waals surface area (Å²) in [5.74, 6) is -1.96. The van der Waals surface area contributed by atoms with Crippen LogP contribution in [0.5, 0.6) is 0 Å². The van der Waals surface area contributed by atoms with Crippen LogP contribution in [0.1, 0.15) is 22.3 Å². The second kappa shape index (κ2) is 8.19. The van der Waals surface area contributed by atoms with Crippen molar-refractivity contribution in [3.8, 4) is 0 Å². The van der Waals surface area contributed by atoms with Gasteiger partial charge in [0.2, 0.25) is 11.8 Å². The molecule has 32 heavy (non-hydrogen) atoms. The minimum absolute atomic E-state index is 0.154. The number of ketones is 1. The van der Waals surface area contributed by atoms with Gasteiger partial charge in [0.25, 0.3) is 0 Å². The summed E-state index contributed by atoms with van der Waals surface area (Å²) in [5.41, 5.74) is 2.22. The Morgan fingerprint density at radius 3 is 2.56 bits per heavy atom. The van der Waals surface area contributed by atoms with E-state index in [1.54, 1.807) is 37.4 Å². The number of carbonyl (C=O) groups excluding carboxylic acids is 3. The van der Waals surface area contributed by atoms with Crippen molar-refractivity contribution in [3.63, 3.8) is 0 Å². The van der Waals surface area contributed by atoms with Crippen molar-refractivity contribution in [2.75, 3.05) is 25.2 Å². The molecular formula is C25H23ClN2O4. The number of rotatable bonds is 6. The molecule has 0 aromatic heterocycles. The number of halogens is 1. The van der Waals surface area contributed by atoms with Crippen LogP contribution in [0, 0.1) is 11.8 Å². The highest BCUT2D eigenvalue weighted by Crippen LogP contribution is 2.49. The number of benzene rings is 2. The van der Waals surface area contributed by atoms with E-state index in [0.29, 0.717) is 30.2 Å². The first kappa shape index (κ1) is 20.9.